The van der Waals surface area contributed by atoms with E-state index in [0.717, 1.165) is 42.7 Å². The summed E-state index contributed by atoms with van der Waals surface area (Å²) in [6, 6.07) is 5.74. The van der Waals surface area contributed by atoms with Gasteiger partial charge in [-0.2, -0.15) is 0 Å². The van der Waals surface area contributed by atoms with Crippen LogP contribution in [0.25, 0.3) is 5.69 Å². The Morgan fingerprint density at radius 2 is 2.36 bits per heavy atom. The van der Waals surface area contributed by atoms with E-state index in [2.05, 4.69) is 26.2 Å². The van der Waals surface area contributed by atoms with E-state index in [9.17, 15) is 4.79 Å². The number of benzene rings is 1. The van der Waals surface area contributed by atoms with Gasteiger partial charge in [0.1, 0.15) is 6.33 Å². The fraction of sp³-hybridized carbons (Fsp3) is 0.467. The first-order valence-corrected chi connectivity index (χ1v) is 7.55. The van der Waals surface area contributed by atoms with Gasteiger partial charge in [-0.1, -0.05) is 13.0 Å². The second-order valence-electron chi connectivity index (χ2n) is 5.68. The summed E-state index contributed by atoms with van der Waals surface area (Å²) in [5.41, 5.74) is 2.20. The van der Waals surface area contributed by atoms with Crippen LogP contribution in [0.4, 0.5) is 5.69 Å². The molecule has 1 fully saturated rings. The molecule has 0 spiro atoms. The quantitative estimate of drug-likeness (QED) is 0.892. The van der Waals surface area contributed by atoms with Crippen molar-refractivity contribution in [3.8, 4) is 5.69 Å². The Hall–Kier alpha value is -2.28. The van der Waals surface area contributed by atoms with Gasteiger partial charge in [0, 0.05) is 5.69 Å². The molecule has 1 aromatic carbocycles. The van der Waals surface area contributed by atoms with Crippen molar-refractivity contribution in [3.05, 3.63) is 30.1 Å². The lowest BCUT2D eigenvalue weighted by Gasteiger charge is -2.26. The van der Waals surface area contributed by atoms with Crippen LogP contribution >= 0.6 is 0 Å². The molecule has 0 bridgehead atoms. The molecule has 2 heterocycles. The van der Waals surface area contributed by atoms with Gasteiger partial charge in [-0.15, -0.1) is 5.10 Å². The Balaban J connectivity index is 1.84. The van der Waals surface area contributed by atoms with Gasteiger partial charge < -0.3 is 10.6 Å². The number of anilines is 1. The zero-order chi connectivity index (χ0) is 15.6. The molecule has 7 heteroatoms. The van der Waals surface area contributed by atoms with Gasteiger partial charge in [0.25, 0.3) is 0 Å². The van der Waals surface area contributed by atoms with Crippen LogP contribution in [0.5, 0.6) is 0 Å². The predicted molar refractivity (Wildman–Crippen MR) is 82.8 cm³/mol. The van der Waals surface area contributed by atoms with Crippen LogP contribution in [-0.2, 0) is 4.79 Å². The van der Waals surface area contributed by atoms with Gasteiger partial charge in [-0.05, 0) is 60.9 Å². The van der Waals surface area contributed by atoms with E-state index in [4.69, 9.17) is 0 Å². The molecule has 2 aromatic rings. The van der Waals surface area contributed by atoms with Crippen LogP contribution in [0.15, 0.2) is 24.5 Å². The number of tetrazole rings is 1. The van der Waals surface area contributed by atoms with Crippen molar-refractivity contribution in [1.82, 2.24) is 25.5 Å². The molecule has 3 rings (SSSR count). The van der Waals surface area contributed by atoms with Crippen molar-refractivity contribution in [3.63, 3.8) is 0 Å². The summed E-state index contributed by atoms with van der Waals surface area (Å²) >= 11 is 0. The highest BCUT2D eigenvalue weighted by Crippen LogP contribution is 2.26. The lowest BCUT2D eigenvalue weighted by atomic mass is 9.93. The summed E-state index contributed by atoms with van der Waals surface area (Å²) in [5, 5.41) is 17.6. The molecule has 2 N–H and O–H groups in total. The van der Waals surface area contributed by atoms with Gasteiger partial charge in [0.05, 0.1) is 11.2 Å². The Bertz CT molecular complexity index is 661. The number of hydrogen-bond donors (Lipinski definition) is 2. The number of aromatic nitrogens is 4. The van der Waals surface area contributed by atoms with Crippen molar-refractivity contribution in [2.75, 3.05) is 11.9 Å². The molecule has 22 heavy (non-hydrogen) atoms. The normalized spacial score (nSPS) is 21.0. The average Bonchev–Trinajstić information content (AvgIpc) is 3.21. The molecular weight excluding hydrogens is 280 g/mol. The fourth-order valence-electron chi connectivity index (χ4n) is 2.92. The number of hydrogen-bond acceptors (Lipinski definition) is 5. The molecule has 1 aliphatic heterocycles. The predicted octanol–water partition coefficient (Wildman–Crippen LogP) is 1.44. The number of carbonyl (C=O) groups is 1. The van der Waals surface area contributed by atoms with Crippen LogP contribution in [0.2, 0.25) is 0 Å². The van der Waals surface area contributed by atoms with Gasteiger partial charge in [-0.25, -0.2) is 4.68 Å². The molecule has 0 saturated carbocycles. The second-order valence-corrected chi connectivity index (χ2v) is 5.68. The number of aryl methyl sites for hydroxylation is 1. The molecule has 1 aliphatic rings. The van der Waals surface area contributed by atoms with Gasteiger partial charge in [0.15, 0.2) is 0 Å². The summed E-state index contributed by atoms with van der Waals surface area (Å²) in [4.78, 5) is 12.6. The van der Waals surface area contributed by atoms with Crippen molar-refractivity contribution in [2.24, 2.45) is 0 Å². The summed E-state index contributed by atoms with van der Waals surface area (Å²) in [7, 11) is 0. The topological polar surface area (TPSA) is 84.7 Å². The maximum atomic E-state index is 12.6. The minimum Gasteiger partial charge on any atom is -0.324 e. The molecular formula is C15H20N6O. The number of nitrogens with one attached hydrogen (secondary N) is 2. The first-order valence-electron chi connectivity index (χ1n) is 7.55. The standard InChI is InChI=1S/C15H20N6O/c1-3-15(7-4-8-16-15)14(22)18-12-6-5-11(2)13(9-12)21-10-17-19-20-21/h5-6,9-10,16H,3-4,7-8H2,1-2H3,(H,18,22). The zero-order valence-corrected chi connectivity index (χ0v) is 12.8. The maximum absolute atomic E-state index is 12.6. The first kappa shape index (κ1) is 14.6. The first-order chi connectivity index (χ1) is 10.6. The summed E-state index contributed by atoms with van der Waals surface area (Å²) in [6.07, 6.45) is 4.23. The molecule has 116 valence electrons. The van der Waals surface area contributed by atoms with Gasteiger partial charge in [-0.3, -0.25) is 4.79 Å². The molecule has 1 amide bonds. The number of nitrogens with zero attached hydrogens (tertiary/aromatic N) is 4. The van der Waals surface area contributed by atoms with E-state index in [1.165, 1.54) is 0 Å². The lowest BCUT2D eigenvalue weighted by Crippen LogP contribution is -2.50. The van der Waals surface area contributed by atoms with Crippen LogP contribution in [0, 0.1) is 6.92 Å². The van der Waals surface area contributed by atoms with Crippen LogP contribution in [-0.4, -0.2) is 38.2 Å². The monoisotopic (exact) mass is 300 g/mol. The second kappa shape index (κ2) is 5.84. The third-order valence-corrected chi connectivity index (χ3v) is 4.34. The molecule has 1 saturated heterocycles. The minimum absolute atomic E-state index is 0.0269. The SMILES string of the molecule is CCC1(C(=O)Nc2ccc(C)c(-n3cnnn3)c2)CCCN1. The van der Waals surface area contributed by atoms with Crippen LogP contribution < -0.4 is 10.6 Å². The molecule has 7 nitrogen and oxygen atoms in total. The van der Waals surface area contributed by atoms with E-state index < -0.39 is 5.54 Å². The largest absolute Gasteiger partial charge is 0.324 e. The summed E-state index contributed by atoms with van der Waals surface area (Å²) in [5.74, 6) is 0.0269. The molecule has 0 radical (unpaired) electrons. The van der Waals surface area contributed by atoms with E-state index in [-0.39, 0.29) is 5.91 Å². The highest BCUT2D eigenvalue weighted by atomic mass is 16.2. The lowest BCUT2D eigenvalue weighted by molar-refractivity contribution is -0.122. The van der Waals surface area contributed by atoms with Crippen molar-refractivity contribution in [1.29, 1.82) is 0 Å². The Morgan fingerprint density at radius 1 is 1.50 bits per heavy atom. The summed E-state index contributed by atoms with van der Waals surface area (Å²) < 4.78 is 1.59. The van der Waals surface area contributed by atoms with E-state index >= 15 is 0 Å². The molecule has 1 unspecified atom stereocenters. The van der Waals surface area contributed by atoms with Crippen molar-refractivity contribution in [2.45, 2.75) is 38.6 Å². The van der Waals surface area contributed by atoms with Crippen molar-refractivity contribution >= 4 is 11.6 Å². The summed E-state index contributed by atoms with van der Waals surface area (Å²) in [6.45, 7) is 4.92. The number of amides is 1. The number of rotatable bonds is 4. The smallest absolute Gasteiger partial charge is 0.244 e. The highest BCUT2D eigenvalue weighted by molar-refractivity contribution is 5.98. The van der Waals surface area contributed by atoms with Gasteiger partial charge in [0.2, 0.25) is 5.91 Å². The maximum Gasteiger partial charge on any atom is 0.244 e. The minimum atomic E-state index is -0.445. The van der Waals surface area contributed by atoms with Gasteiger partial charge >= 0.3 is 0 Å². The third-order valence-electron chi connectivity index (χ3n) is 4.34. The van der Waals surface area contributed by atoms with E-state index in [0.29, 0.717) is 0 Å². The fourth-order valence-corrected chi connectivity index (χ4v) is 2.92. The molecule has 0 aliphatic carbocycles. The highest BCUT2D eigenvalue weighted by Gasteiger charge is 2.39. The number of carbonyl (C=O) groups excluding carboxylic acids is 1. The average molecular weight is 300 g/mol. The Labute approximate surface area is 129 Å². The van der Waals surface area contributed by atoms with E-state index in [1.54, 1.807) is 11.0 Å². The molecule has 1 atom stereocenters. The van der Waals surface area contributed by atoms with Crippen LogP contribution in [0.3, 0.4) is 0 Å². The zero-order valence-electron chi connectivity index (χ0n) is 12.8. The van der Waals surface area contributed by atoms with Crippen molar-refractivity contribution < 1.29 is 4.79 Å². The Morgan fingerprint density at radius 3 is 3.00 bits per heavy atom. The van der Waals surface area contributed by atoms with Crippen LogP contribution in [0.1, 0.15) is 31.7 Å². The Kier molecular flexibility index (Phi) is 3.89. The van der Waals surface area contributed by atoms with E-state index in [1.807, 2.05) is 32.0 Å². The third kappa shape index (κ3) is 2.59. The molecule has 1 aromatic heterocycles.